The SMILES string of the molecule is CCN1CC(C(C)(C)C)(C(C)(C)C)C1. The Hall–Kier alpha value is -0.0400. The van der Waals surface area contributed by atoms with Gasteiger partial charge in [0, 0.05) is 18.5 Å². The molecule has 0 spiro atoms. The maximum atomic E-state index is 2.55. The van der Waals surface area contributed by atoms with Gasteiger partial charge >= 0.3 is 0 Å². The molecule has 0 aliphatic carbocycles. The van der Waals surface area contributed by atoms with Crippen LogP contribution >= 0.6 is 0 Å². The Morgan fingerprint density at radius 1 is 0.929 bits per heavy atom. The van der Waals surface area contributed by atoms with Crippen molar-refractivity contribution in [3.63, 3.8) is 0 Å². The predicted molar refractivity (Wildman–Crippen MR) is 63.5 cm³/mol. The number of likely N-dealkylation sites (tertiary alicyclic amines) is 1. The van der Waals surface area contributed by atoms with E-state index in [2.05, 4.69) is 53.4 Å². The van der Waals surface area contributed by atoms with Crippen LogP contribution < -0.4 is 0 Å². The van der Waals surface area contributed by atoms with E-state index in [0.29, 0.717) is 16.2 Å². The molecule has 0 saturated carbocycles. The summed E-state index contributed by atoms with van der Waals surface area (Å²) in [6.45, 7) is 20.4. The van der Waals surface area contributed by atoms with Crippen molar-refractivity contribution in [1.29, 1.82) is 0 Å². The molecule has 0 aromatic carbocycles. The molecule has 1 saturated heterocycles. The summed E-state index contributed by atoms with van der Waals surface area (Å²) in [5, 5.41) is 0. The summed E-state index contributed by atoms with van der Waals surface area (Å²) in [5.74, 6) is 0. The molecule has 14 heavy (non-hydrogen) atoms. The Morgan fingerprint density at radius 2 is 1.29 bits per heavy atom. The van der Waals surface area contributed by atoms with Gasteiger partial charge in [-0.05, 0) is 17.4 Å². The Labute approximate surface area is 89.9 Å². The molecule has 1 heterocycles. The molecule has 1 nitrogen and oxygen atoms in total. The lowest BCUT2D eigenvalue weighted by molar-refractivity contribution is -0.151. The summed E-state index contributed by atoms with van der Waals surface area (Å²) in [5.41, 5.74) is 1.32. The van der Waals surface area contributed by atoms with Crippen LogP contribution in [0.2, 0.25) is 0 Å². The van der Waals surface area contributed by atoms with E-state index >= 15 is 0 Å². The monoisotopic (exact) mass is 197 g/mol. The highest BCUT2D eigenvalue weighted by molar-refractivity contribution is 5.07. The highest BCUT2D eigenvalue weighted by Crippen LogP contribution is 2.56. The molecule has 1 rings (SSSR count). The van der Waals surface area contributed by atoms with Crippen molar-refractivity contribution in [2.45, 2.75) is 48.5 Å². The van der Waals surface area contributed by atoms with Crippen LogP contribution in [-0.2, 0) is 0 Å². The maximum absolute atomic E-state index is 2.55. The average molecular weight is 197 g/mol. The molecule has 1 aliphatic heterocycles. The van der Waals surface area contributed by atoms with E-state index in [1.807, 2.05) is 0 Å². The second-order valence-electron chi connectivity index (χ2n) is 6.89. The highest BCUT2D eigenvalue weighted by Gasteiger charge is 2.56. The van der Waals surface area contributed by atoms with Crippen LogP contribution in [0.1, 0.15) is 48.5 Å². The van der Waals surface area contributed by atoms with Crippen LogP contribution in [0.5, 0.6) is 0 Å². The molecule has 0 aromatic rings. The first kappa shape index (κ1) is 12.0. The summed E-state index contributed by atoms with van der Waals surface area (Å²) < 4.78 is 0. The topological polar surface area (TPSA) is 3.24 Å². The third kappa shape index (κ3) is 1.60. The standard InChI is InChI=1S/C13H27N/c1-8-14-9-13(10-14,11(2,3)4)12(5,6)7/h8-10H2,1-7H3. The van der Waals surface area contributed by atoms with Gasteiger partial charge in [0.05, 0.1) is 0 Å². The number of hydrogen-bond donors (Lipinski definition) is 0. The van der Waals surface area contributed by atoms with Gasteiger partial charge in [0.2, 0.25) is 0 Å². The van der Waals surface area contributed by atoms with Crippen molar-refractivity contribution in [3.8, 4) is 0 Å². The van der Waals surface area contributed by atoms with Crippen LogP contribution in [0.3, 0.4) is 0 Å². The normalized spacial score (nSPS) is 23.4. The largest absolute Gasteiger partial charge is 0.302 e. The van der Waals surface area contributed by atoms with Crippen LogP contribution in [0.25, 0.3) is 0 Å². The van der Waals surface area contributed by atoms with Gasteiger partial charge in [0.1, 0.15) is 0 Å². The maximum Gasteiger partial charge on any atom is 0.00604 e. The molecule has 0 radical (unpaired) electrons. The molecule has 0 unspecified atom stereocenters. The van der Waals surface area contributed by atoms with E-state index in [9.17, 15) is 0 Å². The van der Waals surface area contributed by atoms with E-state index in [-0.39, 0.29) is 0 Å². The Balaban J connectivity index is 2.87. The fourth-order valence-electron chi connectivity index (χ4n) is 3.01. The second-order valence-corrected chi connectivity index (χ2v) is 6.89. The van der Waals surface area contributed by atoms with E-state index in [0.717, 1.165) is 0 Å². The molecule has 0 amide bonds. The zero-order valence-electron chi connectivity index (χ0n) is 11.1. The second kappa shape index (κ2) is 3.23. The van der Waals surface area contributed by atoms with E-state index in [4.69, 9.17) is 0 Å². The fraction of sp³-hybridized carbons (Fsp3) is 1.00. The molecule has 1 aliphatic rings. The Kier molecular flexibility index (Phi) is 2.78. The summed E-state index contributed by atoms with van der Waals surface area (Å²) in [4.78, 5) is 2.55. The average Bonchev–Trinajstić information content (AvgIpc) is 1.77. The summed E-state index contributed by atoms with van der Waals surface area (Å²) in [7, 11) is 0. The first-order valence-electron chi connectivity index (χ1n) is 5.86. The highest BCUT2D eigenvalue weighted by atomic mass is 15.2. The van der Waals surface area contributed by atoms with Crippen LogP contribution in [-0.4, -0.2) is 24.5 Å². The minimum atomic E-state index is 0.414. The van der Waals surface area contributed by atoms with Crippen molar-refractivity contribution in [2.75, 3.05) is 19.6 Å². The van der Waals surface area contributed by atoms with E-state index in [1.54, 1.807) is 0 Å². The molecule has 0 atom stereocenters. The molecule has 1 heteroatoms. The van der Waals surface area contributed by atoms with Crippen molar-refractivity contribution >= 4 is 0 Å². The van der Waals surface area contributed by atoms with E-state index in [1.165, 1.54) is 19.6 Å². The zero-order chi connectivity index (χ0) is 11.2. The summed E-state index contributed by atoms with van der Waals surface area (Å²) in [6, 6.07) is 0. The van der Waals surface area contributed by atoms with Crippen molar-refractivity contribution < 1.29 is 0 Å². The van der Waals surface area contributed by atoms with Gasteiger partial charge in [-0.15, -0.1) is 0 Å². The minimum Gasteiger partial charge on any atom is -0.302 e. The molecular formula is C13H27N. The van der Waals surface area contributed by atoms with Crippen molar-refractivity contribution in [1.82, 2.24) is 4.90 Å². The third-order valence-corrected chi connectivity index (χ3v) is 4.31. The predicted octanol–water partition coefficient (Wildman–Crippen LogP) is 3.40. The van der Waals surface area contributed by atoms with Gasteiger partial charge in [0.25, 0.3) is 0 Å². The lowest BCUT2D eigenvalue weighted by atomic mass is 9.50. The van der Waals surface area contributed by atoms with Gasteiger partial charge in [-0.25, -0.2) is 0 Å². The molecule has 0 N–H and O–H groups in total. The molecule has 84 valence electrons. The van der Waals surface area contributed by atoms with Crippen LogP contribution in [0, 0.1) is 16.2 Å². The number of nitrogens with zero attached hydrogens (tertiary/aromatic N) is 1. The Bertz CT molecular complexity index is 182. The van der Waals surface area contributed by atoms with Gasteiger partial charge in [-0.2, -0.15) is 0 Å². The Morgan fingerprint density at radius 3 is 1.50 bits per heavy atom. The molecule has 0 aromatic heterocycles. The lowest BCUT2D eigenvalue weighted by Crippen LogP contribution is -2.67. The third-order valence-electron chi connectivity index (χ3n) is 4.31. The fourth-order valence-corrected chi connectivity index (χ4v) is 3.01. The van der Waals surface area contributed by atoms with Gasteiger partial charge in [0.15, 0.2) is 0 Å². The van der Waals surface area contributed by atoms with E-state index < -0.39 is 0 Å². The lowest BCUT2D eigenvalue weighted by Gasteiger charge is -2.64. The van der Waals surface area contributed by atoms with Gasteiger partial charge in [-0.1, -0.05) is 48.5 Å². The van der Waals surface area contributed by atoms with Crippen molar-refractivity contribution in [3.05, 3.63) is 0 Å². The minimum absolute atomic E-state index is 0.414. The van der Waals surface area contributed by atoms with Crippen LogP contribution in [0.15, 0.2) is 0 Å². The number of rotatable bonds is 1. The summed E-state index contributed by atoms with van der Waals surface area (Å²) >= 11 is 0. The number of hydrogen-bond acceptors (Lipinski definition) is 1. The smallest absolute Gasteiger partial charge is 0.00604 e. The quantitative estimate of drug-likeness (QED) is 0.623. The zero-order valence-corrected chi connectivity index (χ0v) is 11.1. The van der Waals surface area contributed by atoms with Crippen LogP contribution in [0.4, 0.5) is 0 Å². The first-order chi connectivity index (χ1) is 6.14. The molecular weight excluding hydrogens is 170 g/mol. The molecule has 0 bridgehead atoms. The van der Waals surface area contributed by atoms with Gasteiger partial charge < -0.3 is 4.90 Å². The van der Waals surface area contributed by atoms with Crippen molar-refractivity contribution in [2.24, 2.45) is 16.2 Å². The first-order valence-corrected chi connectivity index (χ1v) is 5.86. The summed E-state index contributed by atoms with van der Waals surface area (Å²) in [6.07, 6.45) is 0. The molecule has 1 fully saturated rings. The van der Waals surface area contributed by atoms with Gasteiger partial charge in [-0.3, -0.25) is 0 Å².